The van der Waals surface area contributed by atoms with Gasteiger partial charge in [-0.3, -0.25) is 9.78 Å². The smallest absolute Gasteiger partial charge is 0.318 e. The lowest BCUT2D eigenvalue weighted by Crippen LogP contribution is -2.36. The molecule has 4 rings (SSSR count). The van der Waals surface area contributed by atoms with Crippen molar-refractivity contribution in [2.45, 2.75) is 19.6 Å². The Morgan fingerprint density at radius 2 is 2.30 bits per heavy atom. The van der Waals surface area contributed by atoms with E-state index in [9.17, 15) is 9.59 Å². The number of hydrogen-bond donors (Lipinski definition) is 2. The first-order valence-corrected chi connectivity index (χ1v) is 7.12. The van der Waals surface area contributed by atoms with Crippen molar-refractivity contribution >= 4 is 17.1 Å². The average Bonchev–Trinajstić information content (AvgIpc) is 3.17. The SMILES string of the molecule is O=C(NCc1cc2ncccc2o1)N1Cc2nc[nH]c(=O)c2C1. The first kappa shape index (κ1) is 13.5. The molecule has 1 aliphatic rings. The summed E-state index contributed by atoms with van der Waals surface area (Å²) in [6, 6.07) is 5.14. The number of hydrogen-bond acceptors (Lipinski definition) is 5. The molecular weight excluding hydrogens is 298 g/mol. The fraction of sp³-hybridized carbons (Fsp3) is 0.200. The van der Waals surface area contributed by atoms with Crippen molar-refractivity contribution < 1.29 is 9.21 Å². The van der Waals surface area contributed by atoms with Crippen molar-refractivity contribution in [1.82, 2.24) is 25.2 Å². The Morgan fingerprint density at radius 3 is 3.13 bits per heavy atom. The van der Waals surface area contributed by atoms with Crippen molar-refractivity contribution in [1.29, 1.82) is 0 Å². The highest BCUT2D eigenvalue weighted by Gasteiger charge is 2.26. The number of nitrogens with one attached hydrogen (secondary N) is 2. The standard InChI is InChI=1S/C15H13N5O3/c21-14-10-6-20(7-12(10)18-8-19-14)15(22)17-5-9-4-11-13(23-9)2-1-3-16-11/h1-4,8H,5-7H2,(H,17,22)(H,18,19,21). The van der Waals surface area contributed by atoms with E-state index in [1.54, 1.807) is 18.3 Å². The lowest BCUT2D eigenvalue weighted by molar-refractivity contribution is 0.197. The molecule has 2 amide bonds. The molecule has 0 unspecified atom stereocenters. The van der Waals surface area contributed by atoms with E-state index in [2.05, 4.69) is 20.3 Å². The fourth-order valence-corrected chi connectivity index (χ4v) is 2.62. The van der Waals surface area contributed by atoms with Crippen LogP contribution in [0.25, 0.3) is 11.1 Å². The number of rotatable bonds is 2. The number of amides is 2. The van der Waals surface area contributed by atoms with Crippen molar-refractivity contribution in [2.75, 3.05) is 0 Å². The Kier molecular flexibility index (Phi) is 3.07. The number of furan rings is 1. The van der Waals surface area contributed by atoms with Crippen molar-refractivity contribution in [3.63, 3.8) is 0 Å². The summed E-state index contributed by atoms with van der Waals surface area (Å²) in [7, 11) is 0. The fourth-order valence-electron chi connectivity index (χ4n) is 2.62. The minimum atomic E-state index is -0.268. The quantitative estimate of drug-likeness (QED) is 0.738. The van der Waals surface area contributed by atoms with Crippen molar-refractivity contribution in [3.05, 3.63) is 58.1 Å². The van der Waals surface area contributed by atoms with E-state index in [4.69, 9.17) is 4.42 Å². The van der Waals surface area contributed by atoms with Crippen LogP contribution in [0.2, 0.25) is 0 Å². The third-order valence-electron chi connectivity index (χ3n) is 3.77. The molecule has 8 heteroatoms. The van der Waals surface area contributed by atoms with Gasteiger partial charge in [0, 0.05) is 12.3 Å². The van der Waals surface area contributed by atoms with E-state index in [0.29, 0.717) is 29.1 Å². The maximum atomic E-state index is 12.2. The summed E-state index contributed by atoms with van der Waals surface area (Å²) >= 11 is 0. The minimum absolute atomic E-state index is 0.200. The molecule has 0 saturated heterocycles. The second-order valence-electron chi connectivity index (χ2n) is 5.27. The van der Waals surface area contributed by atoms with Gasteiger partial charge in [-0.25, -0.2) is 9.78 Å². The Labute approximate surface area is 130 Å². The van der Waals surface area contributed by atoms with E-state index in [1.165, 1.54) is 11.2 Å². The molecule has 0 fully saturated rings. The highest BCUT2D eigenvalue weighted by atomic mass is 16.3. The van der Waals surface area contributed by atoms with Gasteiger partial charge in [0.25, 0.3) is 5.56 Å². The van der Waals surface area contributed by atoms with Gasteiger partial charge in [0.15, 0.2) is 5.58 Å². The van der Waals surface area contributed by atoms with Crippen molar-refractivity contribution in [3.8, 4) is 0 Å². The Bertz CT molecular complexity index is 912. The molecular formula is C15H13N5O3. The number of aromatic amines is 1. The van der Waals surface area contributed by atoms with Crippen LogP contribution in [0, 0.1) is 0 Å². The van der Waals surface area contributed by atoms with Gasteiger partial charge in [0.2, 0.25) is 0 Å². The summed E-state index contributed by atoms with van der Waals surface area (Å²) in [6.07, 6.45) is 3.04. The zero-order chi connectivity index (χ0) is 15.8. The highest BCUT2D eigenvalue weighted by Crippen LogP contribution is 2.18. The van der Waals surface area contributed by atoms with Gasteiger partial charge in [0.1, 0.15) is 11.3 Å². The zero-order valence-corrected chi connectivity index (χ0v) is 12.1. The van der Waals surface area contributed by atoms with Crippen molar-refractivity contribution in [2.24, 2.45) is 0 Å². The lowest BCUT2D eigenvalue weighted by Gasteiger charge is -2.15. The molecule has 116 valence electrons. The van der Waals surface area contributed by atoms with Gasteiger partial charge < -0.3 is 19.6 Å². The third-order valence-corrected chi connectivity index (χ3v) is 3.77. The van der Waals surface area contributed by atoms with Crippen LogP contribution in [0.5, 0.6) is 0 Å². The second-order valence-corrected chi connectivity index (χ2v) is 5.27. The van der Waals surface area contributed by atoms with Gasteiger partial charge in [-0.05, 0) is 12.1 Å². The number of H-pyrrole nitrogens is 1. The molecule has 2 N–H and O–H groups in total. The molecule has 0 bridgehead atoms. The first-order chi connectivity index (χ1) is 11.2. The predicted molar refractivity (Wildman–Crippen MR) is 80.3 cm³/mol. The third kappa shape index (κ3) is 2.44. The van der Waals surface area contributed by atoms with Gasteiger partial charge in [0.05, 0.1) is 37.2 Å². The number of carbonyl (C=O) groups excluding carboxylic acids is 1. The summed E-state index contributed by atoms with van der Waals surface area (Å²) in [5, 5.41) is 2.78. The van der Waals surface area contributed by atoms with Gasteiger partial charge >= 0.3 is 6.03 Å². The molecule has 23 heavy (non-hydrogen) atoms. The Hall–Kier alpha value is -3.16. The van der Waals surface area contributed by atoms with E-state index >= 15 is 0 Å². The summed E-state index contributed by atoms with van der Waals surface area (Å²) < 4.78 is 5.60. The average molecular weight is 311 g/mol. The van der Waals surface area contributed by atoms with Gasteiger partial charge in [-0.2, -0.15) is 0 Å². The largest absolute Gasteiger partial charge is 0.457 e. The number of aromatic nitrogens is 3. The summed E-state index contributed by atoms with van der Waals surface area (Å²) in [5.41, 5.74) is 2.41. The molecule has 0 aromatic carbocycles. The van der Waals surface area contributed by atoms with E-state index in [-0.39, 0.29) is 24.7 Å². The molecule has 8 nitrogen and oxygen atoms in total. The second kappa shape index (κ2) is 5.24. The maximum absolute atomic E-state index is 12.2. The molecule has 3 aromatic rings. The van der Waals surface area contributed by atoms with E-state index in [0.717, 1.165) is 5.52 Å². The summed E-state index contributed by atoms with van der Waals surface area (Å²) in [4.78, 5) is 36.2. The molecule has 0 atom stereocenters. The molecule has 0 saturated carbocycles. The summed E-state index contributed by atoms with van der Waals surface area (Å²) in [5.74, 6) is 0.625. The van der Waals surface area contributed by atoms with Gasteiger partial charge in [-0.15, -0.1) is 0 Å². The topological polar surface area (TPSA) is 104 Å². The summed E-state index contributed by atoms with van der Waals surface area (Å²) in [6.45, 7) is 0.838. The van der Waals surface area contributed by atoms with Crippen LogP contribution in [-0.2, 0) is 19.6 Å². The molecule has 0 spiro atoms. The minimum Gasteiger partial charge on any atom is -0.457 e. The van der Waals surface area contributed by atoms with E-state index < -0.39 is 0 Å². The molecule has 1 aliphatic heterocycles. The van der Waals surface area contributed by atoms with Crippen LogP contribution < -0.4 is 10.9 Å². The van der Waals surface area contributed by atoms with Gasteiger partial charge in [-0.1, -0.05) is 0 Å². The molecule has 3 aromatic heterocycles. The van der Waals surface area contributed by atoms with Crippen LogP contribution in [0.3, 0.4) is 0 Å². The monoisotopic (exact) mass is 311 g/mol. The number of nitrogens with zero attached hydrogens (tertiary/aromatic N) is 3. The number of pyridine rings is 1. The van der Waals surface area contributed by atoms with Crippen LogP contribution in [0.4, 0.5) is 4.79 Å². The number of urea groups is 1. The number of carbonyl (C=O) groups is 1. The highest BCUT2D eigenvalue weighted by molar-refractivity contribution is 5.75. The van der Waals surface area contributed by atoms with Crippen LogP contribution in [-0.4, -0.2) is 25.9 Å². The molecule has 0 aliphatic carbocycles. The maximum Gasteiger partial charge on any atom is 0.318 e. The Balaban J connectivity index is 1.43. The normalized spacial score (nSPS) is 13.3. The Morgan fingerprint density at radius 1 is 1.39 bits per heavy atom. The molecule has 4 heterocycles. The van der Waals surface area contributed by atoms with Crippen LogP contribution in [0.15, 0.2) is 39.9 Å². The van der Waals surface area contributed by atoms with Crippen LogP contribution in [0.1, 0.15) is 17.0 Å². The van der Waals surface area contributed by atoms with Crippen LogP contribution >= 0.6 is 0 Å². The number of fused-ring (bicyclic) bond motifs is 2. The zero-order valence-electron chi connectivity index (χ0n) is 12.1. The molecule has 0 radical (unpaired) electrons. The lowest BCUT2D eigenvalue weighted by atomic mass is 10.3. The van der Waals surface area contributed by atoms with E-state index in [1.807, 2.05) is 6.07 Å². The first-order valence-electron chi connectivity index (χ1n) is 7.12. The predicted octanol–water partition coefficient (Wildman–Crippen LogP) is 1.14.